The zero-order valence-electron chi connectivity index (χ0n) is 5.41. The van der Waals surface area contributed by atoms with Crippen molar-refractivity contribution in [2.24, 2.45) is 5.41 Å². The molecule has 0 aromatic rings. The standard InChI is InChI=1S/C6H9F3O/c7-6(8,9)5(1-2-5)3-4-10/h10H,1-4H2. The molecule has 0 aliphatic heterocycles. The van der Waals surface area contributed by atoms with Crippen LogP contribution in [0, 0.1) is 5.41 Å². The molecular weight excluding hydrogens is 145 g/mol. The predicted molar refractivity (Wildman–Crippen MR) is 29.4 cm³/mol. The molecule has 1 aliphatic carbocycles. The van der Waals surface area contributed by atoms with E-state index in [0.717, 1.165) is 0 Å². The molecule has 0 radical (unpaired) electrons. The maximum absolute atomic E-state index is 12.0. The zero-order valence-corrected chi connectivity index (χ0v) is 5.41. The van der Waals surface area contributed by atoms with Gasteiger partial charge in [-0.15, -0.1) is 0 Å². The van der Waals surface area contributed by atoms with Crippen LogP contribution < -0.4 is 0 Å². The van der Waals surface area contributed by atoms with Gasteiger partial charge < -0.3 is 5.11 Å². The largest absolute Gasteiger partial charge is 0.396 e. The first-order chi connectivity index (χ1) is 4.52. The van der Waals surface area contributed by atoms with Gasteiger partial charge in [-0.3, -0.25) is 0 Å². The van der Waals surface area contributed by atoms with Crippen LogP contribution in [-0.2, 0) is 0 Å². The number of hydrogen-bond donors (Lipinski definition) is 1. The second-order valence-corrected chi connectivity index (χ2v) is 2.75. The lowest BCUT2D eigenvalue weighted by atomic mass is 10.0. The van der Waals surface area contributed by atoms with Gasteiger partial charge in [-0.05, 0) is 19.3 Å². The van der Waals surface area contributed by atoms with E-state index in [9.17, 15) is 13.2 Å². The smallest absolute Gasteiger partial charge is 0.394 e. The van der Waals surface area contributed by atoms with Crippen LogP contribution in [0.1, 0.15) is 19.3 Å². The van der Waals surface area contributed by atoms with Crippen LogP contribution >= 0.6 is 0 Å². The summed E-state index contributed by atoms with van der Waals surface area (Å²) in [6.07, 6.45) is -3.85. The van der Waals surface area contributed by atoms with E-state index in [2.05, 4.69) is 0 Å². The highest BCUT2D eigenvalue weighted by Gasteiger charge is 2.62. The first kappa shape index (κ1) is 7.85. The molecule has 0 bridgehead atoms. The highest BCUT2D eigenvalue weighted by atomic mass is 19.4. The summed E-state index contributed by atoms with van der Waals surface area (Å²) in [5.74, 6) is 0. The maximum atomic E-state index is 12.0. The molecule has 1 rings (SSSR count). The first-order valence-corrected chi connectivity index (χ1v) is 3.19. The van der Waals surface area contributed by atoms with Gasteiger partial charge in [0.05, 0.1) is 5.41 Å². The van der Waals surface area contributed by atoms with Crippen molar-refractivity contribution in [3.05, 3.63) is 0 Å². The van der Waals surface area contributed by atoms with Crippen molar-refractivity contribution >= 4 is 0 Å². The highest BCUT2D eigenvalue weighted by molar-refractivity contribution is 4.98. The van der Waals surface area contributed by atoms with Crippen molar-refractivity contribution in [1.82, 2.24) is 0 Å². The molecule has 0 aromatic carbocycles. The van der Waals surface area contributed by atoms with E-state index in [1.165, 1.54) is 0 Å². The first-order valence-electron chi connectivity index (χ1n) is 3.19. The second-order valence-electron chi connectivity index (χ2n) is 2.75. The molecular formula is C6H9F3O. The predicted octanol–water partition coefficient (Wildman–Crippen LogP) is 1.71. The fourth-order valence-electron chi connectivity index (χ4n) is 1.04. The van der Waals surface area contributed by atoms with Crippen LogP contribution in [0.25, 0.3) is 0 Å². The van der Waals surface area contributed by atoms with Crippen LogP contribution in [0.2, 0.25) is 0 Å². The van der Waals surface area contributed by atoms with Crippen LogP contribution in [-0.4, -0.2) is 17.9 Å². The fraction of sp³-hybridized carbons (Fsp3) is 1.00. The van der Waals surface area contributed by atoms with Crippen molar-refractivity contribution in [2.45, 2.75) is 25.4 Å². The molecule has 0 atom stereocenters. The van der Waals surface area contributed by atoms with Crippen molar-refractivity contribution < 1.29 is 18.3 Å². The molecule has 0 unspecified atom stereocenters. The van der Waals surface area contributed by atoms with E-state index in [1.54, 1.807) is 0 Å². The quantitative estimate of drug-likeness (QED) is 0.641. The molecule has 4 heteroatoms. The van der Waals surface area contributed by atoms with Gasteiger partial charge in [0.25, 0.3) is 0 Å². The number of aliphatic hydroxyl groups is 1. The molecule has 0 aromatic heterocycles. The SMILES string of the molecule is OCCC1(C(F)(F)F)CC1. The van der Waals surface area contributed by atoms with E-state index in [1.807, 2.05) is 0 Å². The third-order valence-electron chi connectivity index (χ3n) is 2.05. The maximum Gasteiger partial charge on any atom is 0.394 e. The Kier molecular flexibility index (Phi) is 1.66. The number of halogens is 3. The van der Waals surface area contributed by atoms with Crippen molar-refractivity contribution in [1.29, 1.82) is 0 Å². The zero-order chi connectivity index (χ0) is 7.83. The van der Waals surface area contributed by atoms with Crippen molar-refractivity contribution in [3.63, 3.8) is 0 Å². The molecule has 1 saturated carbocycles. The lowest BCUT2D eigenvalue weighted by Gasteiger charge is -2.16. The minimum absolute atomic E-state index is 0.128. The molecule has 0 amide bonds. The van der Waals surface area contributed by atoms with E-state index < -0.39 is 11.6 Å². The van der Waals surface area contributed by atoms with Gasteiger partial charge in [0, 0.05) is 6.61 Å². The molecule has 0 spiro atoms. The summed E-state index contributed by atoms with van der Waals surface area (Å²) in [5.41, 5.74) is -1.51. The molecule has 10 heavy (non-hydrogen) atoms. The second kappa shape index (κ2) is 2.12. The van der Waals surface area contributed by atoms with Crippen LogP contribution in [0.15, 0.2) is 0 Å². The Bertz CT molecular complexity index is 125. The number of hydrogen-bond acceptors (Lipinski definition) is 1. The Hall–Kier alpha value is -0.250. The van der Waals surface area contributed by atoms with Crippen molar-refractivity contribution in [2.75, 3.05) is 6.61 Å². The molecule has 1 N–H and O–H groups in total. The summed E-state index contributed by atoms with van der Waals surface area (Å²) in [6, 6.07) is 0. The minimum Gasteiger partial charge on any atom is -0.396 e. The minimum atomic E-state index is -4.10. The summed E-state index contributed by atoms with van der Waals surface area (Å²) in [6.45, 7) is -0.362. The Morgan fingerprint density at radius 3 is 1.90 bits per heavy atom. The summed E-state index contributed by atoms with van der Waals surface area (Å²) >= 11 is 0. The van der Waals surface area contributed by atoms with Gasteiger partial charge in [0.2, 0.25) is 0 Å². The Morgan fingerprint density at radius 2 is 1.80 bits per heavy atom. The van der Waals surface area contributed by atoms with Gasteiger partial charge in [-0.2, -0.15) is 13.2 Å². The normalized spacial score (nSPS) is 22.8. The Balaban J connectivity index is 2.52. The van der Waals surface area contributed by atoms with E-state index in [0.29, 0.717) is 0 Å². The Labute approximate surface area is 56.8 Å². The molecule has 1 nitrogen and oxygen atoms in total. The molecule has 0 heterocycles. The Morgan fingerprint density at radius 1 is 1.30 bits per heavy atom. The monoisotopic (exact) mass is 154 g/mol. The number of alkyl halides is 3. The molecule has 1 fully saturated rings. The lowest BCUT2D eigenvalue weighted by Crippen LogP contribution is -2.25. The van der Waals surface area contributed by atoms with E-state index in [4.69, 9.17) is 5.11 Å². The highest BCUT2D eigenvalue weighted by Crippen LogP contribution is 2.59. The molecule has 0 saturated heterocycles. The van der Waals surface area contributed by atoms with E-state index in [-0.39, 0.29) is 25.9 Å². The molecule has 60 valence electrons. The summed E-state index contributed by atoms with van der Waals surface area (Å²) < 4.78 is 35.9. The van der Waals surface area contributed by atoms with Gasteiger partial charge in [0.15, 0.2) is 0 Å². The lowest BCUT2D eigenvalue weighted by molar-refractivity contribution is -0.190. The van der Waals surface area contributed by atoms with Gasteiger partial charge in [0.1, 0.15) is 0 Å². The average Bonchev–Trinajstić information content (AvgIpc) is 2.45. The van der Waals surface area contributed by atoms with E-state index >= 15 is 0 Å². The summed E-state index contributed by atoms with van der Waals surface area (Å²) in [5, 5.41) is 8.31. The number of aliphatic hydroxyl groups excluding tert-OH is 1. The summed E-state index contributed by atoms with van der Waals surface area (Å²) in [4.78, 5) is 0. The average molecular weight is 154 g/mol. The number of rotatable bonds is 2. The van der Waals surface area contributed by atoms with Gasteiger partial charge >= 0.3 is 6.18 Å². The van der Waals surface area contributed by atoms with Crippen molar-refractivity contribution in [3.8, 4) is 0 Å². The van der Waals surface area contributed by atoms with Gasteiger partial charge in [-0.1, -0.05) is 0 Å². The van der Waals surface area contributed by atoms with Crippen LogP contribution in [0.5, 0.6) is 0 Å². The third kappa shape index (κ3) is 1.12. The van der Waals surface area contributed by atoms with Crippen LogP contribution in [0.3, 0.4) is 0 Å². The van der Waals surface area contributed by atoms with Gasteiger partial charge in [-0.25, -0.2) is 0 Å². The fourth-order valence-corrected chi connectivity index (χ4v) is 1.04. The third-order valence-corrected chi connectivity index (χ3v) is 2.05. The summed E-state index contributed by atoms with van der Waals surface area (Å²) in [7, 11) is 0. The topological polar surface area (TPSA) is 20.2 Å². The molecule has 1 aliphatic rings. The van der Waals surface area contributed by atoms with Crippen LogP contribution in [0.4, 0.5) is 13.2 Å².